The molecular formula is C33H45N3O6. The molecule has 1 aromatic carbocycles. The SMILES string of the molecule is CCOc1ccc(N2CC=C[C@]3(C)O[C@]45C=CCN(C(C)(C)C)C(=O)C4N([C@@H](CO)[C@@H](C)CC)C(=O)[C@@H]5[C@@H]3C2=O)cc1. The third-order valence-electron chi connectivity index (χ3n) is 9.61. The summed E-state index contributed by atoms with van der Waals surface area (Å²) in [6, 6.07) is 5.74. The Morgan fingerprint density at radius 1 is 1.00 bits per heavy atom. The van der Waals surface area contributed by atoms with Gasteiger partial charge >= 0.3 is 0 Å². The van der Waals surface area contributed by atoms with Gasteiger partial charge in [-0.15, -0.1) is 0 Å². The van der Waals surface area contributed by atoms with E-state index in [1.165, 1.54) is 0 Å². The summed E-state index contributed by atoms with van der Waals surface area (Å²) in [5, 5.41) is 10.6. The summed E-state index contributed by atoms with van der Waals surface area (Å²) in [6.07, 6.45) is 8.26. The number of aliphatic hydroxyl groups excluding tert-OH is 1. The average molecular weight is 580 g/mol. The molecule has 4 aliphatic rings. The van der Waals surface area contributed by atoms with Crippen LogP contribution in [0.2, 0.25) is 0 Å². The van der Waals surface area contributed by atoms with Crippen LogP contribution in [0.3, 0.4) is 0 Å². The number of anilines is 1. The molecule has 42 heavy (non-hydrogen) atoms. The highest BCUT2D eigenvalue weighted by Crippen LogP contribution is 2.58. The van der Waals surface area contributed by atoms with Gasteiger partial charge in [0.05, 0.1) is 36.7 Å². The van der Waals surface area contributed by atoms with Crippen molar-refractivity contribution in [2.45, 2.75) is 83.7 Å². The number of fused-ring (bicyclic) bond motifs is 2. The van der Waals surface area contributed by atoms with Crippen LogP contribution in [0.15, 0.2) is 48.6 Å². The quantitative estimate of drug-likeness (QED) is 0.496. The standard InChI is InChI=1S/C33H45N3O6/c1-8-21(3)24(20-37)36-27-30(40)35(31(4,5)6)19-11-17-33(27)26(29(36)39)25-28(38)34(18-10-16-32(25,7)42-33)22-12-14-23(15-13-22)41-9-2/h10-17,21,24-27,37H,8-9,18-20H2,1-7H3/t21-,24-,25+,26-,27?,32-,33-/m0/s1. The van der Waals surface area contributed by atoms with E-state index in [0.717, 1.165) is 0 Å². The van der Waals surface area contributed by atoms with Gasteiger partial charge in [-0.3, -0.25) is 14.4 Å². The van der Waals surface area contributed by atoms with Crippen LogP contribution in [0.1, 0.15) is 54.9 Å². The fourth-order valence-corrected chi connectivity index (χ4v) is 7.36. The predicted octanol–water partition coefficient (Wildman–Crippen LogP) is 3.56. The Morgan fingerprint density at radius 3 is 2.26 bits per heavy atom. The number of nitrogens with zero attached hydrogens (tertiary/aromatic N) is 3. The minimum Gasteiger partial charge on any atom is -0.494 e. The fraction of sp³-hybridized carbons (Fsp3) is 0.606. The van der Waals surface area contributed by atoms with Gasteiger partial charge in [0.15, 0.2) is 0 Å². The summed E-state index contributed by atoms with van der Waals surface area (Å²) in [5.74, 6) is -1.97. The number of amides is 3. The first-order chi connectivity index (χ1) is 19.8. The van der Waals surface area contributed by atoms with Crippen molar-refractivity contribution < 1.29 is 29.0 Å². The van der Waals surface area contributed by atoms with Crippen LogP contribution in [0.5, 0.6) is 5.75 Å². The molecule has 2 fully saturated rings. The number of carbonyl (C=O) groups is 3. The van der Waals surface area contributed by atoms with Gasteiger partial charge in [0.1, 0.15) is 17.4 Å². The zero-order valence-corrected chi connectivity index (χ0v) is 25.9. The van der Waals surface area contributed by atoms with Crippen LogP contribution in [0, 0.1) is 17.8 Å². The molecule has 0 radical (unpaired) electrons. The van der Waals surface area contributed by atoms with Crippen molar-refractivity contribution in [3.8, 4) is 5.75 Å². The first kappa shape index (κ1) is 30.3. The second-order valence-corrected chi connectivity index (χ2v) is 13.2. The molecule has 1 spiro atoms. The number of carbonyl (C=O) groups excluding carboxylic acids is 3. The molecule has 4 heterocycles. The maximum Gasteiger partial charge on any atom is 0.249 e. The lowest BCUT2D eigenvalue weighted by molar-refractivity contribution is -0.158. The van der Waals surface area contributed by atoms with Crippen LogP contribution in [-0.4, -0.2) is 87.8 Å². The minimum absolute atomic E-state index is 0.0746. The normalized spacial score (nSPS) is 32.3. The van der Waals surface area contributed by atoms with E-state index < -0.39 is 40.7 Å². The lowest BCUT2D eigenvalue weighted by atomic mass is 9.74. The molecule has 1 N–H and O–H groups in total. The molecule has 9 heteroatoms. The van der Waals surface area contributed by atoms with Crippen molar-refractivity contribution in [3.05, 3.63) is 48.6 Å². The van der Waals surface area contributed by atoms with Gasteiger partial charge in [-0.2, -0.15) is 0 Å². The first-order valence-electron chi connectivity index (χ1n) is 15.2. The molecule has 1 aromatic rings. The summed E-state index contributed by atoms with van der Waals surface area (Å²) < 4.78 is 12.5. The Labute approximate surface area is 249 Å². The van der Waals surface area contributed by atoms with Crippen molar-refractivity contribution in [1.82, 2.24) is 9.80 Å². The zero-order chi connectivity index (χ0) is 30.6. The Kier molecular flexibility index (Phi) is 7.81. The third kappa shape index (κ3) is 4.56. The van der Waals surface area contributed by atoms with Gasteiger partial charge in [0.2, 0.25) is 17.7 Å². The van der Waals surface area contributed by atoms with Gasteiger partial charge in [-0.1, -0.05) is 44.6 Å². The highest BCUT2D eigenvalue weighted by Gasteiger charge is 2.75. The van der Waals surface area contributed by atoms with E-state index in [1.807, 2.05) is 97.0 Å². The Morgan fingerprint density at radius 2 is 1.67 bits per heavy atom. The van der Waals surface area contributed by atoms with Crippen LogP contribution >= 0.6 is 0 Å². The molecule has 0 aromatic heterocycles. The second kappa shape index (κ2) is 10.8. The largest absolute Gasteiger partial charge is 0.494 e. The van der Waals surface area contributed by atoms with Crippen molar-refractivity contribution in [1.29, 1.82) is 0 Å². The van der Waals surface area contributed by atoms with E-state index in [1.54, 1.807) is 14.7 Å². The summed E-state index contributed by atoms with van der Waals surface area (Å²) in [7, 11) is 0. The predicted molar refractivity (Wildman–Crippen MR) is 160 cm³/mol. The third-order valence-corrected chi connectivity index (χ3v) is 9.61. The lowest BCUT2D eigenvalue weighted by Gasteiger charge is -2.44. The van der Waals surface area contributed by atoms with Gasteiger partial charge in [0, 0.05) is 24.3 Å². The van der Waals surface area contributed by atoms with Crippen LogP contribution in [-0.2, 0) is 19.1 Å². The smallest absolute Gasteiger partial charge is 0.249 e. The van der Waals surface area contributed by atoms with Crippen LogP contribution in [0.25, 0.3) is 0 Å². The highest BCUT2D eigenvalue weighted by atomic mass is 16.5. The summed E-state index contributed by atoms with van der Waals surface area (Å²) in [6.45, 7) is 14.6. The average Bonchev–Trinajstić information content (AvgIpc) is 3.20. The van der Waals surface area contributed by atoms with E-state index in [-0.39, 0.29) is 30.2 Å². The molecule has 2 saturated heterocycles. The van der Waals surface area contributed by atoms with Crippen molar-refractivity contribution in [2.24, 2.45) is 17.8 Å². The lowest BCUT2D eigenvalue weighted by Crippen LogP contribution is -2.62. The van der Waals surface area contributed by atoms with Crippen LogP contribution in [0.4, 0.5) is 5.69 Å². The van der Waals surface area contributed by atoms with Gasteiger partial charge in [-0.25, -0.2) is 0 Å². The van der Waals surface area contributed by atoms with Gasteiger partial charge in [0.25, 0.3) is 0 Å². The monoisotopic (exact) mass is 579 g/mol. The minimum atomic E-state index is -1.36. The van der Waals surface area contributed by atoms with Crippen molar-refractivity contribution >= 4 is 23.4 Å². The maximum absolute atomic E-state index is 14.7. The van der Waals surface area contributed by atoms with E-state index in [0.29, 0.717) is 37.6 Å². The van der Waals surface area contributed by atoms with Gasteiger partial charge < -0.3 is 29.3 Å². The molecular weight excluding hydrogens is 534 g/mol. The van der Waals surface area contributed by atoms with E-state index in [4.69, 9.17) is 9.47 Å². The molecule has 1 unspecified atom stereocenters. The molecule has 0 saturated carbocycles. The van der Waals surface area contributed by atoms with Crippen molar-refractivity contribution in [2.75, 3.05) is 31.2 Å². The molecule has 5 rings (SSSR count). The van der Waals surface area contributed by atoms with Crippen molar-refractivity contribution in [3.63, 3.8) is 0 Å². The molecule has 228 valence electrons. The Bertz CT molecular complexity index is 1290. The topological polar surface area (TPSA) is 99.6 Å². The second-order valence-electron chi connectivity index (χ2n) is 13.2. The number of rotatable bonds is 7. The van der Waals surface area contributed by atoms with Gasteiger partial charge in [-0.05, 0) is 64.8 Å². The van der Waals surface area contributed by atoms with E-state index in [2.05, 4.69) is 0 Å². The number of ether oxygens (including phenoxy) is 2. The molecule has 3 amide bonds. The molecule has 7 atom stereocenters. The Balaban J connectivity index is 1.64. The zero-order valence-electron chi connectivity index (χ0n) is 25.9. The van der Waals surface area contributed by atoms with E-state index in [9.17, 15) is 19.5 Å². The number of hydrogen-bond donors (Lipinski definition) is 1. The Hall–Kier alpha value is -3.17. The molecule has 0 aliphatic carbocycles. The molecule has 9 nitrogen and oxygen atoms in total. The summed E-state index contributed by atoms with van der Waals surface area (Å²) >= 11 is 0. The first-order valence-corrected chi connectivity index (χ1v) is 15.2. The number of benzene rings is 1. The highest BCUT2D eigenvalue weighted by molar-refractivity contribution is 6.04. The number of aliphatic hydroxyl groups is 1. The fourth-order valence-electron chi connectivity index (χ4n) is 7.36. The van der Waals surface area contributed by atoms with E-state index >= 15 is 0 Å². The molecule has 4 aliphatic heterocycles. The summed E-state index contributed by atoms with van der Waals surface area (Å²) in [5.41, 5.74) is -2.31. The number of likely N-dealkylation sites (tertiary alicyclic amines) is 1. The van der Waals surface area contributed by atoms with Crippen LogP contribution < -0.4 is 9.64 Å². The molecule has 0 bridgehead atoms. The summed E-state index contributed by atoms with van der Waals surface area (Å²) in [4.78, 5) is 48.8. The number of hydrogen-bond acceptors (Lipinski definition) is 6. The maximum atomic E-state index is 14.7.